The van der Waals surface area contributed by atoms with Gasteiger partial charge in [0.2, 0.25) is 0 Å². The normalized spacial score (nSPS) is 31.8. The minimum absolute atomic E-state index is 0.346. The summed E-state index contributed by atoms with van der Waals surface area (Å²) in [4.78, 5) is 0. The fourth-order valence-electron chi connectivity index (χ4n) is 1.99. The minimum Gasteiger partial charge on any atom is -0.330 e. The van der Waals surface area contributed by atoms with Gasteiger partial charge in [0.15, 0.2) is 0 Å². The van der Waals surface area contributed by atoms with Crippen molar-refractivity contribution in [3.8, 4) is 0 Å². The first-order chi connectivity index (χ1) is 6.16. The molecular formula is C11H14BrN. The third-order valence-electron chi connectivity index (χ3n) is 3.18. The van der Waals surface area contributed by atoms with Crippen LogP contribution in [0.25, 0.3) is 0 Å². The molecule has 1 nitrogen and oxygen atoms in total. The molecular weight excluding hydrogens is 226 g/mol. The van der Waals surface area contributed by atoms with E-state index in [1.165, 1.54) is 12.0 Å². The van der Waals surface area contributed by atoms with Crippen LogP contribution in [0.3, 0.4) is 0 Å². The van der Waals surface area contributed by atoms with Crippen molar-refractivity contribution in [2.45, 2.75) is 18.8 Å². The van der Waals surface area contributed by atoms with Gasteiger partial charge in [-0.25, -0.2) is 0 Å². The first-order valence-electron chi connectivity index (χ1n) is 4.63. The standard InChI is InChI=1S/C11H14BrN/c1-11(6-9(11)7-13)8-3-2-4-10(12)5-8/h2-5,9H,6-7,13H2,1H3/t9-,11?/m0/s1. The molecule has 0 heterocycles. The summed E-state index contributed by atoms with van der Waals surface area (Å²) in [6, 6.07) is 8.55. The van der Waals surface area contributed by atoms with E-state index in [-0.39, 0.29) is 0 Å². The summed E-state index contributed by atoms with van der Waals surface area (Å²) in [5.41, 5.74) is 7.43. The summed E-state index contributed by atoms with van der Waals surface area (Å²) in [7, 11) is 0. The van der Waals surface area contributed by atoms with Gasteiger partial charge < -0.3 is 5.73 Å². The lowest BCUT2D eigenvalue weighted by molar-refractivity contribution is 0.666. The number of hydrogen-bond donors (Lipinski definition) is 1. The Balaban J connectivity index is 2.27. The third kappa shape index (κ3) is 1.53. The van der Waals surface area contributed by atoms with Crippen LogP contribution in [-0.4, -0.2) is 6.54 Å². The molecule has 0 aromatic heterocycles. The van der Waals surface area contributed by atoms with E-state index in [2.05, 4.69) is 47.1 Å². The summed E-state index contributed by atoms with van der Waals surface area (Å²) in [5.74, 6) is 0.682. The summed E-state index contributed by atoms with van der Waals surface area (Å²) >= 11 is 3.49. The average molecular weight is 240 g/mol. The van der Waals surface area contributed by atoms with Crippen LogP contribution in [-0.2, 0) is 5.41 Å². The zero-order chi connectivity index (χ0) is 9.47. The fourth-order valence-corrected chi connectivity index (χ4v) is 2.39. The second-order valence-corrected chi connectivity index (χ2v) is 4.98. The highest BCUT2D eigenvalue weighted by Gasteiger charge is 2.49. The molecule has 1 aromatic rings. The van der Waals surface area contributed by atoms with E-state index in [1.807, 2.05) is 0 Å². The van der Waals surface area contributed by atoms with Gasteiger partial charge in [-0.1, -0.05) is 35.0 Å². The topological polar surface area (TPSA) is 26.0 Å². The van der Waals surface area contributed by atoms with Crippen molar-refractivity contribution in [3.05, 3.63) is 34.3 Å². The summed E-state index contributed by atoms with van der Waals surface area (Å²) < 4.78 is 1.16. The fraction of sp³-hybridized carbons (Fsp3) is 0.455. The monoisotopic (exact) mass is 239 g/mol. The van der Waals surface area contributed by atoms with Crippen LogP contribution in [0.1, 0.15) is 18.9 Å². The Hall–Kier alpha value is -0.340. The summed E-state index contributed by atoms with van der Waals surface area (Å²) in [6.45, 7) is 3.11. The molecule has 70 valence electrons. The lowest BCUT2D eigenvalue weighted by Gasteiger charge is -2.11. The number of hydrogen-bond acceptors (Lipinski definition) is 1. The largest absolute Gasteiger partial charge is 0.330 e. The molecule has 0 amide bonds. The van der Waals surface area contributed by atoms with Crippen molar-refractivity contribution in [1.82, 2.24) is 0 Å². The molecule has 1 unspecified atom stereocenters. The van der Waals surface area contributed by atoms with Gasteiger partial charge in [-0.15, -0.1) is 0 Å². The SMILES string of the molecule is CC1(c2cccc(Br)c2)C[C@H]1CN. The van der Waals surface area contributed by atoms with Crippen molar-refractivity contribution in [2.75, 3.05) is 6.54 Å². The van der Waals surface area contributed by atoms with Crippen molar-refractivity contribution in [2.24, 2.45) is 11.7 Å². The van der Waals surface area contributed by atoms with E-state index in [0.29, 0.717) is 11.3 Å². The van der Waals surface area contributed by atoms with Gasteiger partial charge in [0, 0.05) is 4.47 Å². The average Bonchev–Trinajstić information content (AvgIpc) is 2.79. The van der Waals surface area contributed by atoms with Crippen LogP contribution >= 0.6 is 15.9 Å². The maximum Gasteiger partial charge on any atom is 0.0178 e. The molecule has 1 fully saturated rings. The Labute approximate surface area is 87.5 Å². The predicted molar refractivity (Wildman–Crippen MR) is 58.7 cm³/mol. The molecule has 13 heavy (non-hydrogen) atoms. The minimum atomic E-state index is 0.346. The molecule has 2 rings (SSSR count). The van der Waals surface area contributed by atoms with Crippen LogP contribution in [0.4, 0.5) is 0 Å². The maximum absolute atomic E-state index is 5.67. The van der Waals surface area contributed by atoms with Crippen molar-refractivity contribution in [3.63, 3.8) is 0 Å². The first kappa shape index (κ1) is 9.22. The highest BCUT2D eigenvalue weighted by atomic mass is 79.9. The predicted octanol–water partition coefficient (Wildman–Crippen LogP) is 2.69. The van der Waals surface area contributed by atoms with Gasteiger partial charge >= 0.3 is 0 Å². The highest BCUT2D eigenvalue weighted by Crippen LogP contribution is 2.53. The van der Waals surface area contributed by atoms with Gasteiger partial charge in [-0.2, -0.15) is 0 Å². The summed E-state index contributed by atoms with van der Waals surface area (Å²) in [5, 5.41) is 0. The lowest BCUT2D eigenvalue weighted by Crippen LogP contribution is -2.11. The lowest BCUT2D eigenvalue weighted by atomic mass is 9.96. The van der Waals surface area contributed by atoms with Crippen LogP contribution in [0.2, 0.25) is 0 Å². The molecule has 1 aromatic carbocycles. The number of rotatable bonds is 2. The molecule has 1 aliphatic carbocycles. The van der Waals surface area contributed by atoms with Crippen LogP contribution in [0, 0.1) is 5.92 Å². The van der Waals surface area contributed by atoms with E-state index in [1.54, 1.807) is 0 Å². The van der Waals surface area contributed by atoms with Gasteiger partial charge in [0.1, 0.15) is 0 Å². The third-order valence-corrected chi connectivity index (χ3v) is 3.67. The second kappa shape index (κ2) is 3.10. The molecule has 1 aliphatic rings. The molecule has 0 bridgehead atoms. The molecule has 0 saturated heterocycles. The van der Waals surface area contributed by atoms with E-state index in [9.17, 15) is 0 Å². The quantitative estimate of drug-likeness (QED) is 0.844. The van der Waals surface area contributed by atoms with Crippen molar-refractivity contribution < 1.29 is 0 Å². The highest BCUT2D eigenvalue weighted by molar-refractivity contribution is 9.10. The van der Waals surface area contributed by atoms with Gasteiger partial charge in [0.05, 0.1) is 0 Å². The Bertz CT molecular complexity index is 324. The molecule has 0 aliphatic heterocycles. The Morgan fingerprint density at radius 3 is 2.92 bits per heavy atom. The molecule has 2 atom stereocenters. The number of nitrogens with two attached hydrogens (primary N) is 1. The zero-order valence-electron chi connectivity index (χ0n) is 7.76. The molecule has 2 heteroatoms. The second-order valence-electron chi connectivity index (χ2n) is 4.06. The molecule has 1 saturated carbocycles. The summed E-state index contributed by atoms with van der Waals surface area (Å²) in [6.07, 6.45) is 1.24. The Kier molecular flexibility index (Phi) is 2.20. The van der Waals surface area contributed by atoms with Gasteiger partial charge in [-0.05, 0) is 42.0 Å². The zero-order valence-corrected chi connectivity index (χ0v) is 9.34. The molecule has 2 N–H and O–H groups in total. The van der Waals surface area contributed by atoms with Gasteiger partial charge in [0.25, 0.3) is 0 Å². The van der Waals surface area contributed by atoms with Crippen molar-refractivity contribution in [1.29, 1.82) is 0 Å². The van der Waals surface area contributed by atoms with Crippen LogP contribution in [0.15, 0.2) is 28.7 Å². The van der Waals surface area contributed by atoms with E-state index in [4.69, 9.17) is 5.73 Å². The maximum atomic E-state index is 5.67. The Morgan fingerprint density at radius 1 is 1.62 bits per heavy atom. The smallest absolute Gasteiger partial charge is 0.0178 e. The van der Waals surface area contributed by atoms with Crippen molar-refractivity contribution >= 4 is 15.9 Å². The van der Waals surface area contributed by atoms with Crippen LogP contribution < -0.4 is 5.73 Å². The van der Waals surface area contributed by atoms with Gasteiger partial charge in [-0.3, -0.25) is 0 Å². The number of halogens is 1. The number of benzene rings is 1. The van der Waals surface area contributed by atoms with Crippen LogP contribution in [0.5, 0.6) is 0 Å². The Morgan fingerprint density at radius 2 is 2.38 bits per heavy atom. The molecule has 0 radical (unpaired) electrons. The van der Waals surface area contributed by atoms with E-state index in [0.717, 1.165) is 11.0 Å². The van der Waals surface area contributed by atoms with E-state index >= 15 is 0 Å². The molecule has 0 spiro atoms. The first-order valence-corrected chi connectivity index (χ1v) is 5.42. The van der Waals surface area contributed by atoms with E-state index < -0.39 is 0 Å².